The van der Waals surface area contributed by atoms with E-state index in [4.69, 9.17) is 0 Å². The van der Waals surface area contributed by atoms with Crippen LogP contribution in [-0.4, -0.2) is 4.98 Å². The third-order valence-corrected chi connectivity index (χ3v) is 3.88. The molecule has 1 aromatic heterocycles. The topological polar surface area (TPSA) is 12.9 Å². The van der Waals surface area contributed by atoms with E-state index in [9.17, 15) is 0 Å². The van der Waals surface area contributed by atoms with Crippen LogP contribution in [0.15, 0.2) is 36.5 Å². The molecule has 2 aromatic rings. The first-order valence-electron chi connectivity index (χ1n) is 6.24. The van der Waals surface area contributed by atoms with E-state index in [2.05, 4.69) is 56.1 Å². The van der Waals surface area contributed by atoms with Crippen LogP contribution in [0.4, 0.5) is 0 Å². The minimum absolute atomic E-state index is 0.0874. The second-order valence-electron chi connectivity index (χ2n) is 5.26. The van der Waals surface area contributed by atoms with Gasteiger partial charge in [-0.2, -0.15) is 0 Å². The van der Waals surface area contributed by atoms with Crippen molar-refractivity contribution in [2.24, 2.45) is 0 Å². The molecule has 1 nitrogen and oxygen atoms in total. The van der Waals surface area contributed by atoms with E-state index >= 15 is 0 Å². The number of aromatic nitrogens is 1. The van der Waals surface area contributed by atoms with Gasteiger partial charge in [-0.3, -0.25) is 4.98 Å². The summed E-state index contributed by atoms with van der Waals surface area (Å²) < 4.78 is 0. The molecule has 0 aliphatic heterocycles. The molecule has 0 atom stereocenters. The van der Waals surface area contributed by atoms with Gasteiger partial charge in [0, 0.05) is 17.2 Å². The highest BCUT2D eigenvalue weighted by Crippen LogP contribution is 2.47. The van der Waals surface area contributed by atoms with Gasteiger partial charge in [0.1, 0.15) is 0 Å². The third kappa shape index (κ3) is 1.35. The number of hydrogen-bond donors (Lipinski definition) is 0. The van der Waals surface area contributed by atoms with E-state index in [1.54, 1.807) is 0 Å². The van der Waals surface area contributed by atoms with Crippen LogP contribution in [0.1, 0.15) is 37.5 Å². The van der Waals surface area contributed by atoms with Crippen molar-refractivity contribution in [3.05, 3.63) is 53.2 Å². The van der Waals surface area contributed by atoms with Gasteiger partial charge in [-0.1, -0.05) is 51.1 Å². The number of aryl methyl sites for hydroxylation is 1. The molecule has 0 spiro atoms. The molecule has 1 heteroatoms. The molecule has 3 rings (SSSR count). The molecule has 0 saturated carbocycles. The van der Waals surface area contributed by atoms with E-state index in [0.717, 1.165) is 6.42 Å². The number of pyridine rings is 1. The van der Waals surface area contributed by atoms with E-state index < -0.39 is 0 Å². The van der Waals surface area contributed by atoms with Crippen LogP contribution in [0.2, 0.25) is 0 Å². The summed E-state index contributed by atoms with van der Waals surface area (Å²) >= 11 is 0. The minimum atomic E-state index is 0.0874. The van der Waals surface area contributed by atoms with Crippen LogP contribution in [0.5, 0.6) is 0 Å². The summed E-state index contributed by atoms with van der Waals surface area (Å²) in [5, 5.41) is 0. The zero-order valence-electron chi connectivity index (χ0n) is 10.6. The zero-order chi connectivity index (χ0) is 12.0. The lowest BCUT2D eigenvalue weighted by Gasteiger charge is -2.21. The van der Waals surface area contributed by atoms with Crippen LogP contribution < -0.4 is 0 Å². The van der Waals surface area contributed by atoms with Crippen molar-refractivity contribution in [2.75, 3.05) is 0 Å². The SMILES string of the molecule is CCc1cnc2c(c1)C(C)(C)c1ccccc1-2. The lowest BCUT2D eigenvalue weighted by Crippen LogP contribution is -2.15. The average molecular weight is 223 g/mol. The highest BCUT2D eigenvalue weighted by molar-refractivity contribution is 5.77. The average Bonchev–Trinajstić information content (AvgIpc) is 2.59. The Morgan fingerprint density at radius 2 is 1.88 bits per heavy atom. The predicted molar refractivity (Wildman–Crippen MR) is 71.2 cm³/mol. The largest absolute Gasteiger partial charge is 0.256 e. The second-order valence-corrected chi connectivity index (χ2v) is 5.26. The first kappa shape index (κ1) is 10.5. The van der Waals surface area contributed by atoms with E-state index in [1.165, 1.54) is 27.9 Å². The molecule has 0 fully saturated rings. The molecule has 0 radical (unpaired) electrons. The first-order valence-corrected chi connectivity index (χ1v) is 6.24. The fraction of sp³-hybridized carbons (Fsp3) is 0.312. The van der Waals surface area contributed by atoms with Crippen LogP contribution in [0.3, 0.4) is 0 Å². The van der Waals surface area contributed by atoms with Crippen molar-refractivity contribution in [2.45, 2.75) is 32.6 Å². The van der Waals surface area contributed by atoms with Crippen LogP contribution in [0, 0.1) is 0 Å². The lowest BCUT2D eigenvalue weighted by atomic mass is 9.82. The van der Waals surface area contributed by atoms with Crippen LogP contribution in [-0.2, 0) is 11.8 Å². The van der Waals surface area contributed by atoms with Gasteiger partial charge in [0.05, 0.1) is 5.69 Å². The third-order valence-electron chi connectivity index (χ3n) is 3.88. The standard InChI is InChI=1S/C16H17N/c1-4-11-9-14-15(17-10-11)12-7-5-6-8-13(12)16(14,2)3/h5-10H,4H2,1-3H3. The maximum atomic E-state index is 4.67. The number of hydrogen-bond acceptors (Lipinski definition) is 1. The van der Waals surface area contributed by atoms with Gasteiger partial charge in [0.15, 0.2) is 0 Å². The van der Waals surface area contributed by atoms with Gasteiger partial charge in [0.25, 0.3) is 0 Å². The normalized spacial score (nSPS) is 15.5. The first-order chi connectivity index (χ1) is 8.14. The Bertz CT molecular complexity index is 582. The predicted octanol–water partition coefficient (Wildman–Crippen LogP) is 3.95. The van der Waals surface area contributed by atoms with Crippen molar-refractivity contribution in [1.82, 2.24) is 4.98 Å². The van der Waals surface area contributed by atoms with Crippen molar-refractivity contribution in [1.29, 1.82) is 0 Å². The number of nitrogens with zero attached hydrogens (tertiary/aromatic N) is 1. The van der Waals surface area contributed by atoms with Crippen molar-refractivity contribution < 1.29 is 0 Å². The Hall–Kier alpha value is -1.63. The summed E-state index contributed by atoms with van der Waals surface area (Å²) in [6, 6.07) is 10.9. The quantitative estimate of drug-likeness (QED) is 0.713. The molecule has 1 aliphatic rings. The minimum Gasteiger partial charge on any atom is -0.256 e. The monoisotopic (exact) mass is 223 g/mol. The summed E-state index contributed by atoms with van der Waals surface area (Å²) in [7, 11) is 0. The summed E-state index contributed by atoms with van der Waals surface area (Å²) in [5.74, 6) is 0. The molecule has 0 N–H and O–H groups in total. The Balaban J connectivity index is 2.32. The fourth-order valence-corrected chi connectivity index (χ4v) is 2.77. The molecule has 0 amide bonds. The molecular weight excluding hydrogens is 206 g/mol. The molecule has 1 aliphatic carbocycles. The lowest BCUT2D eigenvalue weighted by molar-refractivity contribution is 0.657. The maximum absolute atomic E-state index is 4.67. The van der Waals surface area contributed by atoms with Gasteiger partial charge in [-0.15, -0.1) is 0 Å². The van der Waals surface area contributed by atoms with E-state index in [0.29, 0.717) is 0 Å². The second kappa shape index (κ2) is 3.43. The van der Waals surface area contributed by atoms with E-state index in [-0.39, 0.29) is 5.41 Å². The Kier molecular flexibility index (Phi) is 2.12. The molecule has 0 unspecified atom stereocenters. The fourth-order valence-electron chi connectivity index (χ4n) is 2.77. The van der Waals surface area contributed by atoms with Crippen molar-refractivity contribution in [3.63, 3.8) is 0 Å². The Labute approximate surface area is 103 Å². The Morgan fingerprint density at radius 3 is 2.65 bits per heavy atom. The smallest absolute Gasteiger partial charge is 0.0746 e. The molecule has 1 heterocycles. The molecule has 0 bridgehead atoms. The molecular formula is C16H17N. The van der Waals surface area contributed by atoms with Crippen LogP contribution in [0.25, 0.3) is 11.3 Å². The van der Waals surface area contributed by atoms with Crippen LogP contribution >= 0.6 is 0 Å². The van der Waals surface area contributed by atoms with Gasteiger partial charge in [0.2, 0.25) is 0 Å². The highest BCUT2D eigenvalue weighted by Gasteiger charge is 2.35. The van der Waals surface area contributed by atoms with Crippen molar-refractivity contribution >= 4 is 0 Å². The number of rotatable bonds is 1. The zero-order valence-corrected chi connectivity index (χ0v) is 10.6. The van der Waals surface area contributed by atoms with Gasteiger partial charge >= 0.3 is 0 Å². The van der Waals surface area contributed by atoms with Gasteiger partial charge in [-0.25, -0.2) is 0 Å². The summed E-state index contributed by atoms with van der Waals surface area (Å²) in [6.45, 7) is 6.76. The highest BCUT2D eigenvalue weighted by atomic mass is 14.7. The molecule has 0 saturated heterocycles. The van der Waals surface area contributed by atoms with Gasteiger partial charge < -0.3 is 0 Å². The molecule has 17 heavy (non-hydrogen) atoms. The van der Waals surface area contributed by atoms with E-state index in [1.807, 2.05) is 6.20 Å². The molecule has 86 valence electrons. The summed E-state index contributed by atoms with van der Waals surface area (Å²) in [5.41, 5.74) is 6.65. The number of benzene rings is 1. The molecule has 1 aromatic carbocycles. The maximum Gasteiger partial charge on any atom is 0.0746 e. The Morgan fingerprint density at radius 1 is 1.12 bits per heavy atom. The summed E-state index contributed by atoms with van der Waals surface area (Å²) in [4.78, 5) is 4.67. The van der Waals surface area contributed by atoms with Crippen molar-refractivity contribution in [3.8, 4) is 11.3 Å². The number of fused-ring (bicyclic) bond motifs is 3. The van der Waals surface area contributed by atoms with Gasteiger partial charge in [-0.05, 0) is 23.1 Å². The summed E-state index contributed by atoms with van der Waals surface area (Å²) in [6.07, 6.45) is 3.06.